The molecule has 112 valence electrons. The minimum Gasteiger partial charge on any atom is -0.493 e. The van der Waals surface area contributed by atoms with Crippen LogP contribution < -0.4 is 10.5 Å². The number of sulfone groups is 1. The standard InChI is InChI=1S/C14H20ClNO3S/c15-13-2-1-3-14(8-13)19-10-12(9-16)11-4-6-20(17,18)7-5-11/h1-3,8,11-12H,4-7,9-10,16H2. The van der Waals surface area contributed by atoms with E-state index in [0.29, 0.717) is 36.9 Å². The molecule has 20 heavy (non-hydrogen) atoms. The Kier molecular flexibility index (Phi) is 5.29. The molecule has 1 aliphatic heterocycles. The highest BCUT2D eigenvalue weighted by Crippen LogP contribution is 2.27. The molecular weight excluding hydrogens is 298 g/mol. The van der Waals surface area contributed by atoms with E-state index in [9.17, 15) is 8.42 Å². The maximum absolute atomic E-state index is 11.4. The van der Waals surface area contributed by atoms with Crippen molar-refractivity contribution in [2.24, 2.45) is 17.6 Å². The van der Waals surface area contributed by atoms with Crippen molar-refractivity contribution in [1.82, 2.24) is 0 Å². The van der Waals surface area contributed by atoms with Crippen LogP contribution in [-0.4, -0.2) is 33.1 Å². The summed E-state index contributed by atoms with van der Waals surface area (Å²) in [6, 6.07) is 7.24. The average molecular weight is 318 g/mol. The second-order valence-corrected chi connectivity index (χ2v) is 7.99. The van der Waals surface area contributed by atoms with Crippen LogP contribution in [0.4, 0.5) is 0 Å². The fourth-order valence-corrected chi connectivity index (χ4v) is 4.24. The molecular formula is C14H20ClNO3S. The molecule has 4 nitrogen and oxygen atoms in total. The minimum atomic E-state index is -2.83. The zero-order valence-corrected chi connectivity index (χ0v) is 12.9. The van der Waals surface area contributed by atoms with Crippen LogP contribution in [0, 0.1) is 11.8 Å². The summed E-state index contributed by atoms with van der Waals surface area (Å²) in [7, 11) is -2.83. The summed E-state index contributed by atoms with van der Waals surface area (Å²) >= 11 is 5.90. The molecule has 1 atom stereocenters. The first-order valence-corrected chi connectivity index (χ1v) is 8.99. The summed E-state index contributed by atoms with van der Waals surface area (Å²) in [5.74, 6) is 1.77. The number of rotatable bonds is 5. The molecule has 0 bridgehead atoms. The lowest BCUT2D eigenvalue weighted by Crippen LogP contribution is -2.35. The first kappa shape index (κ1) is 15.6. The van der Waals surface area contributed by atoms with Gasteiger partial charge in [-0.2, -0.15) is 0 Å². The Balaban J connectivity index is 1.90. The highest BCUT2D eigenvalue weighted by molar-refractivity contribution is 7.91. The van der Waals surface area contributed by atoms with Gasteiger partial charge in [0.1, 0.15) is 15.6 Å². The van der Waals surface area contributed by atoms with Crippen LogP contribution in [-0.2, 0) is 9.84 Å². The Morgan fingerprint density at radius 3 is 2.65 bits per heavy atom. The molecule has 1 aromatic carbocycles. The highest BCUT2D eigenvalue weighted by Gasteiger charge is 2.29. The summed E-state index contributed by atoms with van der Waals surface area (Å²) in [6.07, 6.45) is 1.37. The largest absolute Gasteiger partial charge is 0.493 e. The number of halogens is 1. The lowest BCUT2D eigenvalue weighted by atomic mass is 9.88. The van der Waals surface area contributed by atoms with Crippen molar-refractivity contribution in [3.8, 4) is 5.75 Å². The Bertz CT molecular complexity index is 533. The fraction of sp³-hybridized carbons (Fsp3) is 0.571. The SMILES string of the molecule is NCC(COc1cccc(Cl)c1)C1CCS(=O)(=O)CC1. The maximum atomic E-state index is 11.4. The minimum absolute atomic E-state index is 0.185. The Morgan fingerprint density at radius 1 is 1.35 bits per heavy atom. The number of nitrogens with two attached hydrogens (primary N) is 1. The quantitative estimate of drug-likeness (QED) is 0.903. The van der Waals surface area contributed by atoms with Crippen molar-refractivity contribution >= 4 is 21.4 Å². The molecule has 1 aliphatic rings. The summed E-state index contributed by atoms with van der Waals surface area (Å²) in [6.45, 7) is 1.01. The zero-order valence-electron chi connectivity index (χ0n) is 11.3. The van der Waals surface area contributed by atoms with E-state index in [4.69, 9.17) is 22.1 Å². The smallest absolute Gasteiger partial charge is 0.150 e. The molecule has 1 aromatic rings. The van der Waals surface area contributed by atoms with Crippen molar-refractivity contribution in [3.05, 3.63) is 29.3 Å². The number of ether oxygens (including phenoxy) is 1. The van der Waals surface area contributed by atoms with E-state index in [1.165, 1.54) is 0 Å². The molecule has 1 heterocycles. The van der Waals surface area contributed by atoms with Gasteiger partial charge in [-0.1, -0.05) is 17.7 Å². The van der Waals surface area contributed by atoms with E-state index in [1.54, 1.807) is 12.1 Å². The van der Waals surface area contributed by atoms with Crippen LogP contribution in [0.1, 0.15) is 12.8 Å². The summed E-state index contributed by atoms with van der Waals surface area (Å²) in [5, 5.41) is 0.635. The number of hydrogen-bond donors (Lipinski definition) is 1. The molecule has 0 saturated carbocycles. The highest BCUT2D eigenvalue weighted by atomic mass is 35.5. The van der Waals surface area contributed by atoms with Gasteiger partial charge in [0, 0.05) is 10.9 Å². The molecule has 0 aliphatic carbocycles. The maximum Gasteiger partial charge on any atom is 0.150 e. The van der Waals surface area contributed by atoms with Gasteiger partial charge < -0.3 is 10.5 Å². The van der Waals surface area contributed by atoms with Crippen LogP contribution in [0.25, 0.3) is 0 Å². The molecule has 0 radical (unpaired) electrons. The van der Waals surface area contributed by atoms with Crippen LogP contribution >= 0.6 is 11.6 Å². The van der Waals surface area contributed by atoms with Crippen molar-refractivity contribution < 1.29 is 13.2 Å². The molecule has 6 heteroatoms. The van der Waals surface area contributed by atoms with E-state index < -0.39 is 9.84 Å². The Hall–Kier alpha value is -0.780. The Morgan fingerprint density at radius 2 is 2.05 bits per heavy atom. The molecule has 0 aromatic heterocycles. The molecule has 0 amide bonds. The van der Waals surface area contributed by atoms with Gasteiger partial charge >= 0.3 is 0 Å². The predicted octanol–water partition coefficient (Wildman–Crippen LogP) is 2.12. The molecule has 2 rings (SSSR count). The van der Waals surface area contributed by atoms with Crippen molar-refractivity contribution in [2.45, 2.75) is 12.8 Å². The first-order chi connectivity index (χ1) is 9.50. The van der Waals surface area contributed by atoms with Crippen LogP contribution in [0.2, 0.25) is 5.02 Å². The van der Waals surface area contributed by atoms with Gasteiger partial charge in [-0.05, 0) is 43.5 Å². The third kappa shape index (κ3) is 4.36. The second-order valence-electron chi connectivity index (χ2n) is 5.25. The number of benzene rings is 1. The zero-order chi connectivity index (χ0) is 14.6. The topological polar surface area (TPSA) is 69.4 Å². The fourth-order valence-electron chi connectivity index (χ4n) is 2.54. The normalized spacial score (nSPS) is 20.5. The van der Waals surface area contributed by atoms with Crippen LogP contribution in [0.3, 0.4) is 0 Å². The van der Waals surface area contributed by atoms with Crippen molar-refractivity contribution in [1.29, 1.82) is 0 Å². The van der Waals surface area contributed by atoms with Gasteiger partial charge in [-0.15, -0.1) is 0 Å². The van der Waals surface area contributed by atoms with Gasteiger partial charge in [-0.25, -0.2) is 8.42 Å². The van der Waals surface area contributed by atoms with Crippen LogP contribution in [0.5, 0.6) is 5.75 Å². The second kappa shape index (κ2) is 6.78. The third-order valence-electron chi connectivity index (χ3n) is 3.83. The van der Waals surface area contributed by atoms with Crippen molar-refractivity contribution in [2.75, 3.05) is 24.7 Å². The summed E-state index contributed by atoms with van der Waals surface area (Å²) in [4.78, 5) is 0. The average Bonchev–Trinajstić information content (AvgIpc) is 2.41. The van der Waals surface area contributed by atoms with Gasteiger partial charge in [0.05, 0.1) is 18.1 Å². The molecule has 1 unspecified atom stereocenters. The van der Waals surface area contributed by atoms with Gasteiger partial charge in [0.15, 0.2) is 0 Å². The Labute approximate surface area is 125 Å². The van der Waals surface area contributed by atoms with Crippen molar-refractivity contribution in [3.63, 3.8) is 0 Å². The van der Waals surface area contributed by atoms with E-state index in [2.05, 4.69) is 0 Å². The lowest BCUT2D eigenvalue weighted by molar-refractivity contribution is 0.189. The van der Waals surface area contributed by atoms with Crippen LogP contribution in [0.15, 0.2) is 24.3 Å². The van der Waals surface area contributed by atoms with E-state index in [0.717, 1.165) is 5.75 Å². The monoisotopic (exact) mass is 317 g/mol. The van der Waals surface area contributed by atoms with Gasteiger partial charge in [0.2, 0.25) is 0 Å². The molecule has 1 fully saturated rings. The van der Waals surface area contributed by atoms with E-state index in [-0.39, 0.29) is 17.4 Å². The van der Waals surface area contributed by atoms with Gasteiger partial charge in [-0.3, -0.25) is 0 Å². The molecule has 0 spiro atoms. The molecule has 2 N–H and O–H groups in total. The predicted molar refractivity (Wildman–Crippen MR) is 80.9 cm³/mol. The summed E-state index contributed by atoms with van der Waals surface area (Å²) < 4.78 is 28.6. The number of hydrogen-bond acceptors (Lipinski definition) is 4. The van der Waals surface area contributed by atoms with E-state index >= 15 is 0 Å². The lowest BCUT2D eigenvalue weighted by Gasteiger charge is -2.29. The molecule has 1 saturated heterocycles. The van der Waals surface area contributed by atoms with Gasteiger partial charge in [0.25, 0.3) is 0 Å². The summed E-state index contributed by atoms with van der Waals surface area (Å²) in [5.41, 5.74) is 5.81. The van der Waals surface area contributed by atoms with E-state index in [1.807, 2.05) is 12.1 Å². The third-order valence-corrected chi connectivity index (χ3v) is 5.78. The first-order valence-electron chi connectivity index (χ1n) is 6.79.